The standard InChI is InChI=1S/C24H27N5O3/c1-15-16(2)29(18-8-4-5-9-18)24(19(15)12-25)27-22(30)14-32-23(31)13-28-17(3)26-20-10-6-7-11-21(20)28/h6-7,10-11,18H,4-5,8-9,13-14H2,1-3H3,(H,27,30). The molecule has 32 heavy (non-hydrogen) atoms. The molecule has 2 heterocycles. The van der Waals surface area contributed by atoms with E-state index >= 15 is 0 Å². The third-order valence-electron chi connectivity index (χ3n) is 6.31. The normalized spacial score (nSPS) is 13.9. The number of nitrogens with zero attached hydrogens (tertiary/aromatic N) is 4. The Kier molecular flexibility index (Phi) is 5.99. The van der Waals surface area contributed by atoms with E-state index in [1.54, 1.807) is 4.57 Å². The van der Waals surface area contributed by atoms with E-state index in [0.29, 0.717) is 17.2 Å². The first-order chi connectivity index (χ1) is 15.4. The maximum Gasteiger partial charge on any atom is 0.326 e. The number of fused-ring (bicyclic) bond motifs is 1. The van der Waals surface area contributed by atoms with Gasteiger partial charge in [0, 0.05) is 11.7 Å². The lowest BCUT2D eigenvalue weighted by Gasteiger charge is -2.19. The summed E-state index contributed by atoms with van der Waals surface area (Å²) in [6, 6.07) is 10.0. The number of amides is 1. The monoisotopic (exact) mass is 433 g/mol. The molecule has 0 atom stereocenters. The van der Waals surface area contributed by atoms with Crippen molar-refractivity contribution < 1.29 is 14.3 Å². The molecule has 1 aliphatic rings. The smallest absolute Gasteiger partial charge is 0.326 e. The number of carbonyl (C=O) groups is 2. The summed E-state index contributed by atoms with van der Waals surface area (Å²) >= 11 is 0. The van der Waals surface area contributed by atoms with Crippen molar-refractivity contribution in [3.05, 3.63) is 46.9 Å². The van der Waals surface area contributed by atoms with Gasteiger partial charge in [-0.2, -0.15) is 5.26 Å². The number of anilines is 1. The molecule has 2 aromatic heterocycles. The van der Waals surface area contributed by atoms with Crippen LogP contribution < -0.4 is 5.32 Å². The SMILES string of the molecule is Cc1c(C#N)c(NC(=O)COC(=O)Cn2c(C)nc3ccccc32)n(C2CCCC2)c1C. The van der Waals surface area contributed by atoms with Gasteiger partial charge in [0.15, 0.2) is 6.61 Å². The fourth-order valence-electron chi connectivity index (χ4n) is 4.59. The Morgan fingerprint density at radius 1 is 1.22 bits per heavy atom. The summed E-state index contributed by atoms with van der Waals surface area (Å²) in [7, 11) is 0. The molecule has 0 bridgehead atoms. The maximum absolute atomic E-state index is 12.6. The minimum absolute atomic E-state index is 0.0280. The molecule has 0 radical (unpaired) electrons. The van der Waals surface area contributed by atoms with E-state index in [4.69, 9.17) is 4.74 Å². The number of carbonyl (C=O) groups excluding carboxylic acids is 2. The molecule has 8 nitrogen and oxygen atoms in total. The number of para-hydroxylation sites is 2. The minimum Gasteiger partial charge on any atom is -0.454 e. The van der Waals surface area contributed by atoms with Crippen LogP contribution in [0.3, 0.4) is 0 Å². The average Bonchev–Trinajstić information content (AvgIpc) is 3.46. The van der Waals surface area contributed by atoms with Crippen LogP contribution in [0.4, 0.5) is 5.82 Å². The minimum atomic E-state index is -0.523. The number of nitriles is 1. The summed E-state index contributed by atoms with van der Waals surface area (Å²) in [6.07, 6.45) is 4.32. The number of rotatable bonds is 6. The highest BCUT2D eigenvalue weighted by molar-refractivity contribution is 5.94. The first kappa shape index (κ1) is 21.6. The number of nitrogens with one attached hydrogen (secondary N) is 1. The lowest BCUT2D eigenvalue weighted by molar-refractivity contribution is -0.147. The number of ether oxygens (including phenoxy) is 1. The van der Waals surface area contributed by atoms with Crippen molar-refractivity contribution in [3.8, 4) is 6.07 Å². The zero-order chi connectivity index (χ0) is 22.8. The van der Waals surface area contributed by atoms with Crippen molar-refractivity contribution in [1.82, 2.24) is 14.1 Å². The van der Waals surface area contributed by atoms with Crippen molar-refractivity contribution in [2.24, 2.45) is 0 Å². The van der Waals surface area contributed by atoms with Gasteiger partial charge >= 0.3 is 5.97 Å². The Morgan fingerprint density at radius 2 is 1.94 bits per heavy atom. The number of aryl methyl sites for hydroxylation is 1. The van der Waals surface area contributed by atoms with Gasteiger partial charge in [0.25, 0.3) is 5.91 Å². The molecule has 1 saturated carbocycles. The first-order valence-corrected chi connectivity index (χ1v) is 10.9. The largest absolute Gasteiger partial charge is 0.454 e. The van der Waals surface area contributed by atoms with Crippen LogP contribution in [0.25, 0.3) is 11.0 Å². The molecular weight excluding hydrogens is 406 g/mol. The predicted octanol–water partition coefficient (Wildman–Crippen LogP) is 3.93. The predicted molar refractivity (Wildman–Crippen MR) is 120 cm³/mol. The van der Waals surface area contributed by atoms with Crippen LogP contribution in [-0.4, -0.2) is 32.6 Å². The van der Waals surface area contributed by atoms with Crippen LogP contribution in [0.1, 0.15) is 54.4 Å². The van der Waals surface area contributed by atoms with E-state index in [-0.39, 0.29) is 12.6 Å². The maximum atomic E-state index is 12.6. The number of aromatic nitrogens is 3. The average molecular weight is 434 g/mol. The molecule has 0 saturated heterocycles. The Balaban J connectivity index is 1.44. The van der Waals surface area contributed by atoms with Gasteiger partial charge in [-0.05, 0) is 51.3 Å². The molecule has 0 spiro atoms. The third-order valence-corrected chi connectivity index (χ3v) is 6.31. The molecule has 4 rings (SSSR count). The third kappa shape index (κ3) is 3.98. The highest BCUT2D eigenvalue weighted by atomic mass is 16.5. The zero-order valence-electron chi connectivity index (χ0n) is 18.6. The number of hydrogen-bond acceptors (Lipinski definition) is 5. The molecule has 3 aromatic rings. The molecule has 8 heteroatoms. The molecule has 1 fully saturated rings. The van der Waals surface area contributed by atoms with Crippen LogP contribution >= 0.6 is 0 Å². The van der Waals surface area contributed by atoms with E-state index in [2.05, 4.69) is 20.9 Å². The van der Waals surface area contributed by atoms with Gasteiger partial charge in [0.05, 0.1) is 16.6 Å². The second-order valence-electron chi connectivity index (χ2n) is 8.30. The Morgan fingerprint density at radius 3 is 2.66 bits per heavy atom. The van der Waals surface area contributed by atoms with Crippen LogP contribution in [-0.2, 0) is 20.9 Å². The Hall–Kier alpha value is -3.60. The number of benzene rings is 1. The van der Waals surface area contributed by atoms with Crippen LogP contribution in [0.15, 0.2) is 24.3 Å². The molecule has 1 amide bonds. The van der Waals surface area contributed by atoms with Crippen LogP contribution in [0.5, 0.6) is 0 Å². The number of hydrogen-bond donors (Lipinski definition) is 1. The van der Waals surface area contributed by atoms with Gasteiger partial charge in [-0.15, -0.1) is 0 Å². The highest BCUT2D eigenvalue weighted by Crippen LogP contribution is 2.37. The summed E-state index contributed by atoms with van der Waals surface area (Å²) < 4.78 is 9.07. The first-order valence-electron chi connectivity index (χ1n) is 10.9. The van der Waals surface area contributed by atoms with Crippen molar-refractivity contribution in [1.29, 1.82) is 5.26 Å². The molecule has 0 aliphatic heterocycles. The molecular formula is C24H27N5O3. The molecule has 1 N–H and O–H groups in total. The van der Waals surface area contributed by atoms with Crippen molar-refractivity contribution in [2.45, 2.75) is 59.0 Å². The highest BCUT2D eigenvalue weighted by Gasteiger charge is 2.27. The van der Waals surface area contributed by atoms with Crippen molar-refractivity contribution in [2.75, 3.05) is 11.9 Å². The lowest BCUT2D eigenvalue weighted by atomic mass is 10.2. The van der Waals surface area contributed by atoms with E-state index in [1.807, 2.05) is 45.0 Å². The summed E-state index contributed by atoms with van der Waals surface area (Å²) in [6.45, 7) is 5.25. The number of imidazole rings is 1. The number of esters is 1. The Bertz CT molecular complexity index is 1220. The molecule has 166 valence electrons. The van der Waals surface area contributed by atoms with E-state index < -0.39 is 18.5 Å². The summed E-state index contributed by atoms with van der Waals surface area (Å²) in [4.78, 5) is 29.5. The van der Waals surface area contributed by atoms with Gasteiger partial charge in [0.1, 0.15) is 24.3 Å². The molecule has 0 unspecified atom stereocenters. The molecule has 1 aromatic carbocycles. The van der Waals surface area contributed by atoms with Crippen molar-refractivity contribution >= 4 is 28.7 Å². The quantitative estimate of drug-likeness (QED) is 0.594. The fraction of sp³-hybridized carbons (Fsp3) is 0.417. The van der Waals surface area contributed by atoms with Gasteiger partial charge in [-0.3, -0.25) is 9.59 Å². The van der Waals surface area contributed by atoms with E-state index in [1.165, 1.54) is 0 Å². The molecule has 1 aliphatic carbocycles. The van der Waals surface area contributed by atoms with Crippen LogP contribution in [0, 0.1) is 32.1 Å². The second-order valence-corrected chi connectivity index (χ2v) is 8.30. The zero-order valence-corrected chi connectivity index (χ0v) is 18.6. The van der Waals surface area contributed by atoms with Gasteiger partial charge < -0.3 is 19.2 Å². The van der Waals surface area contributed by atoms with Crippen LogP contribution in [0.2, 0.25) is 0 Å². The van der Waals surface area contributed by atoms with Gasteiger partial charge in [0.2, 0.25) is 0 Å². The Labute approximate surface area is 186 Å². The topological polar surface area (TPSA) is 102 Å². The summed E-state index contributed by atoms with van der Waals surface area (Å²) in [5.41, 5.74) is 3.97. The second kappa shape index (κ2) is 8.87. The van der Waals surface area contributed by atoms with Crippen molar-refractivity contribution in [3.63, 3.8) is 0 Å². The summed E-state index contributed by atoms with van der Waals surface area (Å²) in [5.74, 6) is 0.225. The summed E-state index contributed by atoms with van der Waals surface area (Å²) in [5, 5.41) is 12.5. The van der Waals surface area contributed by atoms with Gasteiger partial charge in [-0.25, -0.2) is 4.98 Å². The fourth-order valence-corrected chi connectivity index (χ4v) is 4.59. The van der Waals surface area contributed by atoms with E-state index in [0.717, 1.165) is 48.0 Å². The van der Waals surface area contributed by atoms with E-state index in [9.17, 15) is 14.9 Å². The lowest BCUT2D eigenvalue weighted by Crippen LogP contribution is -2.25. The van der Waals surface area contributed by atoms with Gasteiger partial charge in [-0.1, -0.05) is 25.0 Å².